The smallest absolute Gasteiger partial charge is 0.136 e. The van der Waals surface area contributed by atoms with Crippen molar-refractivity contribution in [2.45, 2.75) is 39.0 Å². The zero-order chi connectivity index (χ0) is 13.7. The predicted octanol–water partition coefficient (Wildman–Crippen LogP) is 3.34. The SMILES string of the molecule is CC1CCCC(CCNc2ncccc2C(N)=S)C1. The Morgan fingerprint density at radius 3 is 3.11 bits per heavy atom. The van der Waals surface area contributed by atoms with Gasteiger partial charge in [-0.1, -0.05) is 38.4 Å². The van der Waals surface area contributed by atoms with Crippen LogP contribution in [0.2, 0.25) is 0 Å². The molecule has 0 aromatic carbocycles. The Balaban J connectivity index is 1.84. The Morgan fingerprint density at radius 1 is 1.53 bits per heavy atom. The first kappa shape index (κ1) is 14.3. The summed E-state index contributed by atoms with van der Waals surface area (Å²) in [5.74, 6) is 2.56. The van der Waals surface area contributed by atoms with Crippen LogP contribution in [0.25, 0.3) is 0 Å². The van der Waals surface area contributed by atoms with E-state index in [9.17, 15) is 0 Å². The second kappa shape index (κ2) is 6.85. The minimum Gasteiger partial charge on any atom is -0.389 e. The van der Waals surface area contributed by atoms with Crippen molar-refractivity contribution in [3.63, 3.8) is 0 Å². The van der Waals surface area contributed by atoms with Crippen molar-refractivity contribution in [1.82, 2.24) is 4.98 Å². The molecule has 0 amide bonds. The number of aromatic nitrogens is 1. The minimum absolute atomic E-state index is 0.405. The molecule has 0 bridgehead atoms. The fourth-order valence-electron chi connectivity index (χ4n) is 2.96. The highest BCUT2D eigenvalue weighted by atomic mass is 32.1. The molecule has 3 nitrogen and oxygen atoms in total. The summed E-state index contributed by atoms with van der Waals surface area (Å²) in [7, 11) is 0. The maximum Gasteiger partial charge on any atom is 0.136 e. The molecule has 0 saturated heterocycles. The molecular formula is C15H23N3S. The van der Waals surface area contributed by atoms with Crippen LogP contribution in [-0.2, 0) is 0 Å². The molecule has 1 aromatic rings. The highest BCUT2D eigenvalue weighted by molar-refractivity contribution is 7.80. The lowest BCUT2D eigenvalue weighted by Crippen LogP contribution is -2.18. The molecule has 4 heteroatoms. The Kier molecular flexibility index (Phi) is 5.14. The topological polar surface area (TPSA) is 50.9 Å². The number of anilines is 1. The van der Waals surface area contributed by atoms with E-state index in [1.165, 1.54) is 32.1 Å². The number of rotatable bonds is 5. The van der Waals surface area contributed by atoms with Gasteiger partial charge in [0, 0.05) is 12.7 Å². The van der Waals surface area contributed by atoms with Crippen LogP contribution in [0.15, 0.2) is 18.3 Å². The van der Waals surface area contributed by atoms with Gasteiger partial charge >= 0.3 is 0 Å². The monoisotopic (exact) mass is 277 g/mol. The Labute approximate surface area is 121 Å². The van der Waals surface area contributed by atoms with E-state index in [0.717, 1.165) is 29.8 Å². The van der Waals surface area contributed by atoms with Crippen LogP contribution < -0.4 is 11.1 Å². The summed E-state index contributed by atoms with van der Waals surface area (Å²) < 4.78 is 0. The highest BCUT2D eigenvalue weighted by Gasteiger charge is 2.18. The summed E-state index contributed by atoms with van der Waals surface area (Å²) in [6.07, 6.45) is 8.50. The van der Waals surface area contributed by atoms with Crippen molar-refractivity contribution in [2.24, 2.45) is 17.6 Å². The summed E-state index contributed by atoms with van der Waals surface area (Å²) in [5.41, 5.74) is 6.54. The molecule has 1 aromatic heterocycles. The van der Waals surface area contributed by atoms with Crippen LogP contribution in [0.4, 0.5) is 5.82 Å². The fourth-order valence-corrected chi connectivity index (χ4v) is 3.13. The van der Waals surface area contributed by atoms with Crippen LogP contribution in [0.5, 0.6) is 0 Å². The van der Waals surface area contributed by atoms with E-state index in [4.69, 9.17) is 18.0 Å². The van der Waals surface area contributed by atoms with Gasteiger partial charge in [-0.3, -0.25) is 0 Å². The van der Waals surface area contributed by atoms with Crippen LogP contribution in [-0.4, -0.2) is 16.5 Å². The summed E-state index contributed by atoms with van der Waals surface area (Å²) >= 11 is 5.04. The molecule has 3 N–H and O–H groups in total. The molecule has 1 aliphatic rings. The fraction of sp³-hybridized carbons (Fsp3) is 0.600. The Hall–Kier alpha value is -1.16. The van der Waals surface area contributed by atoms with E-state index in [-0.39, 0.29) is 0 Å². The van der Waals surface area contributed by atoms with Gasteiger partial charge in [-0.05, 0) is 36.8 Å². The van der Waals surface area contributed by atoms with E-state index in [1.807, 2.05) is 12.1 Å². The first-order valence-corrected chi connectivity index (χ1v) is 7.56. The van der Waals surface area contributed by atoms with Crippen LogP contribution in [0.3, 0.4) is 0 Å². The van der Waals surface area contributed by atoms with Gasteiger partial charge in [0.2, 0.25) is 0 Å². The first-order valence-electron chi connectivity index (χ1n) is 7.15. The van der Waals surface area contributed by atoms with Crippen molar-refractivity contribution in [3.8, 4) is 0 Å². The number of nitrogens with two attached hydrogens (primary N) is 1. The largest absolute Gasteiger partial charge is 0.389 e. The summed E-state index contributed by atoms with van der Waals surface area (Å²) in [6, 6.07) is 3.78. The quantitative estimate of drug-likeness (QED) is 0.810. The van der Waals surface area contributed by atoms with Crippen LogP contribution >= 0.6 is 12.2 Å². The minimum atomic E-state index is 0.405. The van der Waals surface area contributed by atoms with Gasteiger partial charge in [0.25, 0.3) is 0 Å². The normalized spacial score (nSPS) is 23.0. The molecule has 104 valence electrons. The van der Waals surface area contributed by atoms with Crippen molar-refractivity contribution in [2.75, 3.05) is 11.9 Å². The third kappa shape index (κ3) is 4.16. The molecule has 0 radical (unpaired) electrons. The van der Waals surface area contributed by atoms with E-state index in [2.05, 4.69) is 17.2 Å². The molecule has 0 spiro atoms. The third-order valence-corrected chi connectivity index (χ3v) is 4.18. The van der Waals surface area contributed by atoms with Gasteiger partial charge in [-0.2, -0.15) is 0 Å². The second-order valence-electron chi connectivity index (χ2n) is 5.62. The number of nitrogens with one attached hydrogen (secondary N) is 1. The number of thiocarbonyl (C=S) groups is 1. The number of pyridine rings is 1. The zero-order valence-corrected chi connectivity index (χ0v) is 12.4. The van der Waals surface area contributed by atoms with Crippen molar-refractivity contribution in [1.29, 1.82) is 0 Å². The van der Waals surface area contributed by atoms with Gasteiger partial charge in [0.15, 0.2) is 0 Å². The summed E-state index contributed by atoms with van der Waals surface area (Å²) in [5, 5.41) is 3.38. The Bertz CT molecular complexity index is 433. The lowest BCUT2D eigenvalue weighted by Gasteiger charge is -2.26. The van der Waals surface area contributed by atoms with Gasteiger partial charge in [-0.25, -0.2) is 4.98 Å². The molecule has 1 fully saturated rings. The van der Waals surface area contributed by atoms with Gasteiger partial charge in [0.1, 0.15) is 10.8 Å². The number of hydrogen-bond acceptors (Lipinski definition) is 3. The molecule has 2 atom stereocenters. The molecule has 1 aliphatic carbocycles. The average Bonchev–Trinajstić information content (AvgIpc) is 2.39. The maximum absolute atomic E-state index is 5.70. The van der Waals surface area contributed by atoms with E-state index >= 15 is 0 Å². The van der Waals surface area contributed by atoms with Gasteiger partial charge in [0.05, 0.1) is 5.56 Å². The van der Waals surface area contributed by atoms with E-state index in [1.54, 1.807) is 6.20 Å². The standard InChI is InChI=1S/C15H23N3S/c1-11-4-2-5-12(10-11)7-9-18-15-13(14(16)19)6-3-8-17-15/h3,6,8,11-12H,2,4-5,7,9-10H2,1H3,(H2,16,19)(H,17,18). The summed E-state index contributed by atoms with van der Waals surface area (Å²) in [6.45, 7) is 3.31. The van der Waals surface area contributed by atoms with Crippen molar-refractivity contribution in [3.05, 3.63) is 23.9 Å². The lowest BCUT2D eigenvalue weighted by molar-refractivity contribution is 0.274. The molecule has 1 saturated carbocycles. The average molecular weight is 277 g/mol. The molecule has 0 aliphatic heterocycles. The van der Waals surface area contributed by atoms with Crippen LogP contribution in [0.1, 0.15) is 44.6 Å². The molecule has 1 heterocycles. The van der Waals surface area contributed by atoms with E-state index < -0.39 is 0 Å². The van der Waals surface area contributed by atoms with Crippen molar-refractivity contribution < 1.29 is 0 Å². The molecule has 2 unspecified atom stereocenters. The van der Waals surface area contributed by atoms with Crippen molar-refractivity contribution >= 4 is 23.0 Å². The number of nitrogens with zero attached hydrogens (tertiary/aromatic N) is 1. The lowest BCUT2D eigenvalue weighted by atomic mass is 9.81. The maximum atomic E-state index is 5.70. The first-order chi connectivity index (χ1) is 9.16. The van der Waals surface area contributed by atoms with E-state index in [0.29, 0.717) is 4.99 Å². The van der Waals surface area contributed by atoms with Gasteiger partial charge < -0.3 is 11.1 Å². The molecule has 19 heavy (non-hydrogen) atoms. The Morgan fingerprint density at radius 2 is 2.37 bits per heavy atom. The third-order valence-electron chi connectivity index (χ3n) is 3.96. The molecule has 2 rings (SSSR count). The molecular weight excluding hydrogens is 254 g/mol. The summed E-state index contributed by atoms with van der Waals surface area (Å²) in [4.78, 5) is 4.72. The second-order valence-corrected chi connectivity index (χ2v) is 6.06. The predicted molar refractivity (Wildman–Crippen MR) is 84.4 cm³/mol. The highest BCUT2D eigenvalue weighted by Crippen LogP contribution is 2.30. The van der Waals surface area contributed by atoms with Crippen LogP contribution in [0, 0.1) is 11.8 Å². The van der Waals surface area contributed by atoms with Gasteiger partial charge in [-0.15, -0.1) is 0 Å². The number of hydrogen-bond donors (Lipinski definition) is 2. The zero-order valence-electron chi connectivity index (χ0n) is 11.6.